The second-order valence-corrected chi connectivity index (χ2v) is 3.87. The van der Waals surface area contributed by atoms with Crippen LogP contribution in [0.25, 0.3) is 5.69 Å². The van der Waals surface area contributed by atoms with Gasteiger partial charge in [0.25, 0.3) is 0 Å². The smallest absolute Gasteiger partial charge is 0.292 e. The molecule has 0 saturated carbocycles. The van der Waals surface area contributed by atoms with Crippen LogP contribution in [0.15, 0.2) is 29.1 Å². The second kappa shape index (κ2) is 4.97. The lowest BCUT2D eigenvalue weighted by Crippen LogP contribution is -2.29. The summed E-state index contributed by atoms with van der Waals surface area (Å²) in [5.74, 6) is 6.00. The molecule has 1 aromatic carbocycles. The van der Waals surface area contributed by atoms with Gasteiger partial charge in [-0.05, 0) is 18.6 Å². The fourth-order valence-electron chi connectivity index (χ4n) is 1.81. The number of aromatic nitrogens is 3. The number of nitrogens with zero attached hydrogens (tertiary/aromatic N) is 3. The molecule has 1 heterocycles. The summed E-state index contributed by atoms with van der Waals surface area (Å²) in [6, 6.07) is 7.61. The first-order valence-corrected chi connectivity index (χ1v) is 5.70. The Morgan fingerprint density at radius 3 is 2.67 bits per heavy atom. The fraction of sp³-hybridized carbons (Fsp3) is 0.250. The number of anilines is 1. The van der Waals surface area contributed by atoms with E-state index in [2.05, 4.69) is 15.4 Å². The zero-order valence-electron chi connectivity index (χ0n) is 10.3. The predicted octanol–water partition coefficient (Wildman–Crippen LogP) is 0.784. The standard InChI is InChI=1S/C12H15N5O/c1-3-10-14-11(16-13)15-12(18)17(10)9-7-5-4-6-8(9)2/h4-7H,3,13H2,1-2H3,(H,15,16,18). The van der Waals surface area contributed by atoms with Crippen molar-refractivity contribution in [2.45, 2.75) is 20.3 Å². The number of hydrogen-bond donors (Lipinski definition) is 2. The summed E-state index contributed by atoms with van der Waals surface area (Å²) in [5, 5.41) is 0. The van der Waals surface area contributed by atoms with E-state index in [4.69, 9.17) is 5.84 Å². The van der Waals surface area contributed by atoms with E-state index in [1.54, 1.807) is 0 Å². The first-order valence-electron chi connectivity index (χ1n) is 5.70. The van der Waals surface area contributed by atoms with Gasteiger partial charge in [-0.2, -0.15) is 9.97 Å². The Bertz CT molecular complexity index is 620. The zero-order chi connectivity index (χ0) is 13.1. The minimum Gasteiger partial charge on any atom is -0.292 e. The Labute approximate surface area is 104 Å². The molecule has 0 unspecified atom stereocenters. The van der Waals surface area contributed by atoms with Gasteiger partial charge in [0.1, 0.15) is 5.82 Å². The highest BCUT2D eigenvalue weighted by Gasteiger charge is 2.11. The third-order valence-electron chi connectivity index (χ3n) is 2.69. The summed E-state index contributed by atoms with van der Waals surface area (Å²) < 4.78 is 1.51. The minimum absolute atomic E-state index is 0.140. The average molecular weight is 245 g/mol. The van der Waals surface area contributed by atoms with Crippen LogP contribution in [0, 0.1) is 6.92 Å². The van der Waals surface area contributed by atoms with E-state index in [1.165, 1.54) is 4.57 Å². The third kappa shape index (κ3) is 2.10. The largest absolute Gasteiger partial charge is 0.356 e. The summed E-state index contributed by atoms with van der Waals surface area (Å²) in [4.78, 5) is 20.0. The van der Waals surface area contributed by atoms with Gasteiger partial charge < -0.3 is 0 Å². The molecular weight excluding hydrogens is 230 g/mol. The van der Waals surface area contributed by atoms with Crippen LogP contribution >= 0.6 is 0 Å². The van der Waals surface area contributed by atoms with E-state index in [1.807, 2.05) is 38.1 Å². The van der Waals surface area contributed by atoms with Crippen molar-refractivity contribution in [3.05, 3.63) is 46.1 Å². The number of hydrazine groups is 1. The summed E-state index contributed by atoms with van der Waals surface area (Å²) in [5.41, 5.74) is 3.70. The monoisotopic (exact) mass is 245 g/mol. The SMILES string of the molecule is CCc1nc(NN)nc(=O)n1-c1ccccc1C. The van der Waals surface area contributed by atoms with Crippen molar-refractivity contribution in [3.8, 4) is 5.69 Å². The van der Waals surface area contributed by atoms with Gasteiger partial charge in [-0.1, -0.05) is 25.1 Å². The van der Waals surface area contributed by atoms with Crippen LogP contribution in [-0.2, 0) is 6.42 Å². The van der Waals surface area contributed by atoms with Crippen molar-refractivity contribution >= 4 is 5.95 Å². The van der Waals surface area contributed by atoms with Gasteiger partial charge in [-0.25, -0.2) is 15.2 Å². The van der Waals surface area contributed by atoms with E-state index >= 15 is 0 Å². The van der Waals surface area contributed by atoms with Crippen molar-refractivity contribution in [1.29, 1.82) is 0 Å². The summed E-state index contributed by atoms with van der Waals surface area (Å²) in [6.07, 6.45) is 0.612. The van der Waals surface area contributed by atoms with Crippen LogP contribution in [-0.4, -0.2) is 14.5 Å². The number of nitrogens with one attached hydrogen (secondary N) is 1. The van der Waals surface area contributed by atoms with Crippen molar-refractivity contribution in [1.82, 2.24) is 14.5 Å². The number of aryl methyl sites for hydroxylation is 2. The fourth-order valence-corrected chi connectivity index (χ4v) is 1.81. The Morgan fingerprint density at radius 2 is 2.06 bits per heavy atom. The summed E-state index contributed by atoms with van der Waals surface area (Å²) >= 11 is 0. The van der Waals surface area contributed by atoms with Crippen LogP contribution in [0.2, 0.25) is 0 Å². The van der Waals surface area contributed by atoms with Gasteiger partial charge in [0.05, 0.1) is 5.69 Å². The molecule has 6 heteroatoms. The molecule has 18 heavy (non-hydrogen) atoms. The lowest BCUT2D eigenvalue weighted by molar-refractivity contribution is 0.767. The van der Waals surface area contributed by atoms with Gasteiger partial charge in [0, 0.05) is 6.42 Å². The van der Waals surface area contributed by atoms with Crippen LogP contribution in [0.4, 0.5) is 5.95 Å². The first kappa shape index (κ1) is 12.3. The van der Waals surface area contributed by atoms with Crippen LogP contribution in [0.1, 0.15) is 18.3 Å². The predicted molar refractivity (Wildman–Crippen MR) is 69.6 cm³/mol. The molecule has 6 nitrogen and oxygen atoms in total. The van der Waals surface area contributed by atoms with Crippen molar-refractivity contribution < 1.29 is 0 Å². The lowest BCUT2D eigenvalue weighted by atomic mass is 10.2. The highest BCUT2D eigenvalue weighted by atomic mass is 16.1. The van der Waals surface area contributed by atoms with Gasteiger partial charge in [-0.15, -0.1) is 0 Å². The van der Waals surface area contributed by atoms with E-state index in [0.717, 1.165) is 11.3 Å². The molecule has 2 rings (SSSR count). The molecule has 0 aliphatic heterocycles. The average Bonchev–Trinajstić information content (AvgIpc) is 2.39. The van der Waals surface area contributed by atoms with Gasteiger partial charge in [0.2, 0.25) is 5.95 Å². The highest BCUT2D eigenvalue weighted by molar-refractivity contribution is 5.41. The molecule has 3 N–H and O–H groups in total. The molecular formula is C12H15N5O. The summed E-state index contributed by atoms with van der Waals surface area (Å²) in [7, 11) is 0. The van der Waals surface area contributed by atoms with Crippen LogP contribution in [0.3, 0.4) is 0 Å². The Hall–Kier alpha value is -2.21. The Morgan fingerprint density at radius 1 is 1.33 bits per heavy atom. The van der Waals surface area contributed by atoms with E-state index in [0.29, 0.717) is 12.2 Å². The molecule has 0 atom stereocenters. The molecule has 1 aromatic heterocycles. The number of hydrogen-bond acceptors (Lipinski definition) is 5. The van der Waals surface area contributed by atoms with Crippen molar-refractivity contribution in [2.24, 2.45) is 5.84 Å². The third-order valence-corrected chi connectivity index (χ3v) is 2.69. The highest BCUT2D eigenvalue weighted by Crippen LogP contribution is 2.13. The molecule has 0 radical (unpaired) electrons. The Kier molecular flexibility index (Phi) is 3.38. The number of rotatable bonds is 3. The van der Waals surface area contributed by atoms with Gasteiger partial charge in [-0.3, -0.25) is 5.43 Å². The Balaban J connectivity index is 2.72. The van der Waals surface area contributed by atoms with Gasteiger partial charge >= 0.3 is 5.69 Å². The maximum atomic E-state index is 12.0. The number of nitrogen functional groups attached to an aromatic ring is 1. The first-order chi connectivity index (χ1) is 8.67. The molecule has 2 aromatic rings. The topological polar surface area (TPSA) is 85.8 Å². The quantitative estimate of drug-likeness (QED) is 0.616. The molecule has 0 aliphatic rings. The van der Waals surface area contributed by atoms with E-state index in [9.17, 15) is 4.79 Å². The molecule has 0 fully saturated rings. The molecule has 0 spiro atoms. The molecule has 0 amide bonds. The maximum Gasteiger partial charge on any atom is 0.356 e. The zero-order valence-corrected chi connectivity index (χ0v) is 10.3. The molecule has 0 aliphatic carbocycles. The number of benzene rings is 1. The second-order valence-electron chi connectivity index (χ2n) is 3.87. The normalized spacial score (nSPS) is 10.4. The summed E-state index contributed by atoms with van der Waals surface area (Å²) in [6.45, 7) is 3.87. The van der Waals surface area contributed by atoms with Crippen LogP contribution in [0.5, 0.6) is 0 Å². The maximum absolute atomic E-state index is 12.0. The number of nitrogens with two attached hydrogens (primary N) is 1. The molecule has 0 saturated heterocycles. The minimum atomic E-state index is -0.385. The van der Waals surface area contributed by atoms with E-state index < -0.39 is 0 Å². The van der Waals surface area contributed by atoms with E-state index in [-0.39, 0.29) is 11.6 Å². The lowest BCUT2D eigenvalue weighted by Gasteiger charge is -2.13. The molecule has 0 bridgehead atoms. The van der Waals surface area contributed by atoms with Crippen molar-refractivity contribution in [3.63, 3.8) is 0 Å². The van der Waals surface area contributed by atoms with Gasteiger partial charge in [0.15, 0.2) is 0 Å². The molecule has 94 valence electrons. The number of para-hydroxylation sites is 1. The van der Waals surface area contributed by atoms with Crippen LogP contribution < -0.4 is 17.0 Å². The van der Waals surface area contributed by atoms with Crippen molar-refractivity contribution in [2.75, 3.05) is 5.43 Å².